The normalized spacial score (nSPS) is 15.3. The number of piperazine rings is 1. The number of likely N-dealkylation sites (N-methyl/N-ethyl adjacent to an activating group) is 1. The lowest BCUT2D eigenvalue weighted by molar-refractivity contribution is -0.137. The molecule has 3 aromatic carbocycles. The number of aromatic nitrogens is 1. The van der Waals surface area contributed by atoms with Crippen LogP contribution in [-0.2, 0) is 32.2 Å². The number of fused-ring (bicyclic) bond motifs is 1. The fraction of sp³-hybridized carbons (Fsp3) is 0.378. The molecule has 0 saturated carbocycles. The highest BCUT2D eigenvalue weighted by atomic mass is 16.6. The molecule has 242 valence electrons. The van der Waals surface area contributed by atoms with E-state index in [1.165, 1.54) is 4.90 Å². The molecule has 3 amide bonds. The van der Waals surface area contributed by atoms with Gasteiger partial charge in [-0.2, -0.15) is 0 Å². The number of nitrogens with zero attached hydrogens (tertiary/aromatic N) is 4. The van der Waals surface area contributed by atoms with Gasteiger partial charge in [0.05, 0.1) is 6.54 Å². The number of carbonyl (C=O) groups is 3. The molecule has 0 N–H and O–H groups in total. The predicted molar refractivity (Wildman–Crippen MR) is 180 cm³/mol. The van der Waals surface area contributed by atoms with E-state index in [1.807, 2.05) is 73.7 Å². The van der Waals surface area contributed by atoms with Crippen LogP contribution >= 0.6 is 0 Å². The Morgan fingerprint density at radius 2 is 1.67 bits per heavy atom. The molecule has 46 heavy (non-hydrogen) atoms. The summed E-state index contributed by atoms with van der Waals surface area (Å²) in [7, 11) is 1.70. The number of carbonyl (C=O) groups excluding carboxylic acids is 3. The van der Waals surface area contributed by atoms with Crippen molar-refractivity contribution in [3.05, 3.63) is 90.6 Å². The molecule has 0 bridgehead atoms. The molecule has 1 atom stereocenters. The van der Waals surface area contributed by atoms with Gasteiger partial charge in [0.1, 0.15) is 18.2 Å². The minimum absolute atomic E-state index is 0.0182. The maximum absolute atomic E-state index is 14.6. The third kappa shape index (κ3) is 7.42. The number of hydrogen-bond donors (Lipinski definition) is 0. The molecule has 1 aliphatic heterocycles. The highest BCUT2D eigenvalue weighted by Crippen LogP contribution is 2.30. The van der Waals surface area contributed by atoms with Gasteiger partial charge in [-0.3, -0.25) is 19.4 Å². The number of methoxy groups -OCH3 is 1. The molecule has 1 saturated heterocycles. The molecule has 0 spiro atoms. The summed E-state index contributed by atoms with van der Waals surface area (Å²) in [6.45, 7) is 9.36. The van der Waals surface area contributed by atoms with E-state index < -0.39 is 17.7 Å². The molecule has 0 aliphatic carbocycles. The van der Waals surface area contributed by atoms with Crippen LogP contribution in [0.5, 0.6) is 0 Å². The first-order chi connectivity index (χ1) is 22.1. The van der Waals surface area contributed by atoms with Gasteiger partial charge in [-0.25, -0.2) is 4.79 Å². The standard InChI is InChI=1S/C37H44N4O5/c1-6-38(23-29-24-39(20-13-21-45-5)32-19-11-10-18-31(29)32)35(43)33-25-40(36(44)46-37(2,3)4)26-34(42)41(33)30-17-12-16-28(22-30)27-14-8-7-9-15-27/h7-12,14-19,22,24,33H,6,13,20-21,23,25-26H2,1-5H3. The van der Waals surface area contributed by atoms with Crippen molar-refractivity contribution in [2.75, 3.05) is 38.3 Å². The Hall–Kier alpha value is -4.63. The van der Waals surface area contributed by atoms with Crippen LogP contribution < -0.4 is 4.90 Å². The number of amides is 3. The quantitative estimate of drug-likeness (QED) is 0.192. The van der Waals surface area contributed by atoms with Crippen LogP contribution in [0.4, 0.5) is 10.5 Å². The summed E-state index contributed by atoms with van der Waals surface area (Å²) in [6.07, 6.45) is 2.36. The second-order valence-electron chi connectivity index (χ2n) is 12.6. The highest BCUT2D eigenvalue weighted by molar-refractivity contribution is 6.04. The molecule has 0 radical (unpaired) electrons. The van der Waals surface area contributed by atoms with Gasteiger partial charge in [-0.05, 0) is 69.0 Å². The summed E-state index contributed by atoms with van der Waals surface area (Å²) in [5, 5.41) is 1.08. The van der Waals surface area contributed by atoms with Crippen molar-refractivity contribution in [1.29, 1.82) is 0 Å². The molecule has 1 aromatic heterocycles. The molecule has 9 nitrogen and oxygen atoms in total. The molecule has 1 aliphatic rings. The largest absolute Gasteiger partial charge is 0.444 e. The monoisotopic (exact) mass is 624 g/mol. The van der Waals surface area contributed by atoms with Crippen molar-refractivity contribution >= 4 is 34.5 Å². The first-order valence-electron chi connectivity index (χ1n) is 15.9. The van der Waals surface area contributed by atoms with E-state index >= 15 is 0 Å². The molecule has 4 aromatic rings. The van der Waals surface area contributed by atoms with Gasteiger partial charge >= 0.3 is 6.09 Å². The van der Waals surface area contributed by atoms with Gasteiger partial charge in [-0.1, -0.05) is 60.7 Å². The number of ether oxygens (including phenoxy) is 2. The Kier molecular flexibility index (Phi) is 10.1. The van der Waals surface area contributed by atoms with Gasteiger partial charge in [-0.15, -0.1) is 0 Å². The van der Waals surface area contributed by atoms with Gasteiger partial charge < -0.3 is 18.9 Å². The zero-order valence-electron chi connectivity index (χ0n) is 27.4. The van der Waals surface area contributed by atoms with Crippen molar-refractivity contribution in [2.45, 2.75) is 58.8 Å². The minimum Gasteiger partial charge on any atom is -0.444 e. The van der Waals surface area contributed by atoms with Crippen molar-refractivity contribution in [3.63, 3.8) is 0 Å². The minimum atomic E-state index is -0.935. The van der Waals surface area contributed by atoms with Crippen molar-refractivity contribution < 1.29 is 23.9 Å². The van der Waals surface area contributed by atoms with Gasteiger partial charge in [0, 0.05) is 56.1 Å². The number of anilines is 1. The summed E-state index contributed by atoms with van der Waals surface area (Å²) in [4.78, 5) is 46.3. The van der Waals surface area contributed by atoms with E-state index in [2.05, 4.69) is 22.9 Å². The molecule has 1 unspecified atom stereocenters. The van der Waals surface area contributed by atoms with Crippen LogP contribution in [0.2, 0.25) is 0 Å². The Bertz CT molecular complexity index is 1680. The Morgan fingerprint density at radius 3 is 2.39 bits per heavy atom. The molecule has 2 heterocycles. The summed E-state index contributed by atoms with van der Waals surface area (Å²) in [5.41, 5.74) is 3.92. The van der Waals surface area contributed by atoms with Crippen LogP contribution in [0.1, 0.15) is 39.7 Å². The SMILES string of the molecule is CCN(Cc1cn(CCCOC)c2ccccc12)C(=O)C1CN(C(=O)OC(C)(C)C)CC(=O)N1c1cccc(-c2ccccc2)c1. The molecule has 9 heteroatoms. The molecular weight excluding hydrogens is 580 g/mol. The molecule has 1 fully saturated rings. The van der Waals surface area contributed by atoms with Crippen LogP contribution in [0.3, 0.4) is 0 Å². The average Bonchev–Trinajstić information content (AvgIpc) is 3.39. The first kappa shape index (κ1) is 32.8. The maximum atomic E-state index is 14.6. The topological polar surface area (TPSA) is 84.3 Å². The van der Waals surface area contributed by atoms with E-state index in [9.17, 15) is 14.4 Å². The number of benzene rings is 3. The highest BCUT2D eigenvalue weighted by Gasteiger charge is 2.42. The zero-order chi connectivity index (χ0) is 32.8. The van der Waals surface area contributed by atoms with Gasteiger partial charge in [0.2, 0.25) is 11.8 Å². The summed E-state index contributed by atoms with van der Waals surface area (Å²) >= 11 is 0. The Morgan fingerprint density at radius 1 is 0.957 bits per heavy atom. The van der Waals surface area contributed by atoms with E-state index in [4.69, 9.17) is 9.47 Å². The van der Waals surface area contributed by atoms with Crippen LogP contribution in [-0.4, -0.2) is 77.3 Å². The summed E-state index contributed by atoms with van der Waals surface area (Å²) < 4.78 is 13.1. The Labute approximate surface area is 271 Å². The van der Waals surface area contributed by atoms with E-state index in [-0.39, 0.29) is 24.9 Å². The second-order valence-corrected chi connectivity index (χ2v) is 12.6. The van der Waals surface area contributed by atoms with E-state index in [1.54, 1.807) is 37.7 Å². The lowest BCUT2D eigenvalue weighted by Crippen LogP contribution is -2.63. The summed E-state index contributed by atoms with van der Waals surface area (Å²) in [5.74, 6) is -0.572. The van der Waals surface area contributed by atoms with Crippen LogP contribution in [0.15, 0.2) is 85.1 Å². The van der Waals surface area contributed by atoms with Crippen molar-refractivity contribution in [1.82, 2.24) is 14.4 Å². The number of para-hydroxylation sites is 1. The number of rotatable bonds is 10. The predicted octanol–water partition coefficient (Wildman–Crippen LogP) is 6.35. The average molecular weight is 625 g/mol. The van der Waals surface area contributed by atoms with E-state index in [0.29, 0.717) is 25.4 Å². The molecule has 5 rings (SSSR count). The smallest absolute Gasteiger partial charge is 0.410 e. The van der Waals surface area contributed by atoms with E-state index in [0.717, 1.165) is 40.6 Å². The third-order valence-corrected chi connectivity index (χ3v) is 8.14. The zero-order valence-corrected chi connectivity index (χ0v) is 27.4. The molecular formula is C37H44N4O5. The fourth-order valence-corrected chi connectivity index (χ4v) is 5.99. The number of aryl methyl sites for hydroxylation is 1. The first-order valence-corrected chi connectivity index (χ1v) is 15.9. The lowest BCUT2D eigenvalue weighted by atomic mass is 10.0. The van der Waals surface area contributed by atoms with Gasteiger partial charge in [0.25, 0.3) is 0 Å². The van der Waals surface area contributed by atoms with Crippen molar-refractivity contribution in [2.24, 2.45) is 0 Å². The summed E-state index contributed by atoms with van der Waals surface area (Å²) in [6, 6.07) is 24.8. The van der Waals surface area contributed by atoms with Crippen LogP contribution in [0, 0.1) is 0 Å². The van der Waals surface area contributed by atoms with Crippen LogP contribution in [0.25, 0.3) is 22.0 Å². The van der Waals surface area contributed by atoms with Crippen molar-refractivity contribution in [3.8, 4) is 11.1 Å². The van der Waals surface area contributed by atoms with Gasteiger partial charge in [0.15, 0.2) is 0 Å². The fourth-order valence-electron chi connectivity index (χ4n) is 5.99. The lowest BCUT2D eigenvalue weighted by Gasteiger charge is -2.42. The third-order valence-electron chi connectivity index (χ3n) is 8.14. The second kappa shape index (κ2) is 14.2. The Balaban J connectivity index is 1.49. The maximum Gasteiger partial charge on any atom is 0.410 e. The number of hydrogen-bond acceptors (Lipinski definition) is 5.